The Morgan fingerprint density at radius 1 is 1.21 bits per heavy atom. The highest BCUT2D eigenvalue weighted by Crippen LogP contribution is 2.34. The van der Waals surface area contributed by atoms with Crippen molar-refractivity contribution >= 4 is 17.7 Å². The fourth-order valence-electron chi connectivity index (χ4n) is 3.16. The van der Waals surface area contributed by atoms with E-state index in [0.29, 0.717) is 36.7 Å². The molecule has 0 radical (unpaired) electrons. The van der Waals surface area contributed by atoms with Crippen molar-refractivity contribution in [1.29, 1.82) is 0 Å². The van der Waals surface area contributed by atoms with Crippen LogP contribution in [-0.4, -0.2) is 45.2 Å². The van der Waals surface area contributed by atoms with Crippen molar-refractivity contribution in [2.75, 3.05) is 19.3 Å². The molecule has 0 saturated carbocycles. The van der Waals surface area contributed by atoms with Crippen molar-refractivity contribution in [3.8, 4) is 0 Å². The number of thioether (sulfide) groups is 1. The van der Waals surface area contributed by atoms with Crippen LogP contribution in [-0.2, 0) is 5.60 Å². The SMILES string of the molecule is CSc1ncc(C(=O)N2CCC(O)(c3ccccc3C)CC2)cn1. The van der Waals surface area contributed by atoms with Crippen molar-refractivity contribution < 1.29 is 9.90 Å². The molecule has 2 aromatic rings. The highest BCUT2D eigenvalue weighted by molar-refractivity contribution is 7.98. The van der Waals surface area contributed by atoms with Crippen LogP contribution in [0.5, 0.6) is 0 Å². The molecule has 1 aromatic heterocycles. The summed E-state index contributed by atoms with van der Waals surface area (Å²) in [6, 6.07) is 7.90. The second kappa shape index (κ2) is 6.91. The third-order valence-electron chi connectivity index (χ3n) is 4.58. The van der Waals surface area contributed by atoms with E-state index in [1.54, 1.807) is 17.3 Å². The fourth-order valence-corrected chi connectivity index (χ4v) is 3.47. The van der Waals surface area contributed by atoms with Gasteiger partial charge in [-0.2, -0.15) is 0 Å². The first-order valence-electron chi connectivity index (χ1n) is 7.97. The molecule has 2 heterocycles. The van der Waals surface area contributed by atoms with Gasteiger partial charge < -0.3 is 10.0 Å². The van der Waals surface area contributed by atoms with Gasteiger partial charge in [0.25, 0.3) is 5.91 Å². The zero-order valence-corrected chi connectivity index (χ0v) is 14.7. The highest BCUT2D eigenvalue weighted by atomic mass is 32.2. The van der Waals surface area contributed by atoms with Crippen LogP contribution < -0.4 is 0 Å². The first-order chi connectivity index (χ1) is 11.5. The minimum absolute atomic E-state index is 0.0745. The van der Waals surface area contributed by atoms with Gasteiger partial charge in [0.05, 0.1) is 11.2 Å². The minimum Gasteiger partial charge on any atom is -0.385 e. The van der Waals surface area contributed by atoms with Crippen molar-refractivity contribution in [3.63, 3.8) is 0 Å². The van der Waals surface area contributed by atoms with E-state index in [-0.39, 0.29) is 5.91 Å². The molecule has 1 amide bonds. The molecule has 1 fully saturated rings. The van der Waals surface area contributed by atoms with E-state index in [9.17, 15) is 9.90 Å². The maximum absolute atomic E-state index is 12.6. The molecule has 1 N–H and O–H groups in total. The van der Waals surface area contributed by atoms with Crippen LogP contribution in [0.25, 0.3) is 0 Å². The molecule has 126 valence electrons. The predicted octanol–water partition coefficient (Wildman–Crippen LogP) is 2.63. The zero-order chi connectivity index (χ0) is 17.2. The van der Waals surface area contributed by atoms with Gasteiger partial charge in [0.2, 0.25) is 0 Å². The van der Waals surface area contributed by atoms with E-state index in [1.807, 2.05) is 37.4 Å². The minimum atomic E-state index is -0.860. The van der Waals surface area contributed by atoms with Gasteiger partial charge in [0.1, 0.15) is 0 Å². The van der Waals surface area contributed by atoms with Crippen LogP contribution in [0.4, 0.5) is 0 Å². The number of benzene rings is 1. The van der Waals surface area contributed by atoms with E-state index in [2.05, 4.69) is 9.97 Å². The van der Waals surface area contributed by atoms with Gasteiger partial charge in [-0.25, -0.2) is 9.97 Å². The smallest absolute Gasteiger partial charge is 0.256 e. The van der Waals surface area contributed by atoms with Crippen LogP contribution in [0.15, 0.2) is 41.8 Å². The molecule has 3 rings (SSSR count). The van der Waals surface area contributed by atoms with Gasteiger partial charge >= 0.3 is 0 Å². The summed E-state index contributed by atoms with van der Waals surface area (Å²) in [5, 5.41) is 11.6. The lowest BCUT2D eigenvalue weighted by Crippen LogP contribution is -2.45. The van der Waals surface area contributed by atoms with E-state index < -0.39 is 5.60 Å². The number of rotatable bonds is 3. The Morgan fingerprint density at radius 2 is 1.83 bits per heavy atom. The topological polar surface area (TPSA) is 66.3 Å². The number of hydrogen-bond acceptors (Lipinski definition) is 5. The summed E-state index contributed by atoms with van der Waals surface area (Å²) in [5.74, 6) is -0.0745. The molecule has 0 aliphatic carbocycles. The summed E-state index contributed by atoms with van der Waals surface area (Å²) in [5.41, 5.74) is 1.68. The molecule has 1 saturated heterocycles. The largest absolute Gasteiger partial charge is 0.385 e. The van der Waals surface area contributed by atoms with Crippen LogP contribution in [0.1, 0.15) is 34.3 Å². The number of amides is 1. The summed E-state index contributed by atoms with van der Waals surface area (Å²) in [7, 11) is 0. The van der Waals surface area contributed by atoms with Crippen molar-refractivity contribution in [3.05, 3.63) is 53.3 Å². The van der Waals surface area contributed by atoms with Gasteiger partial charge in [-0.3, -0.25) is 4.79 Å². The standard InChI is InChI=1S/C18H21N3O2S/c1-13-5-3-4-6-15(13)18(23)7-9-21(10-8-18)16(22)14-11-19-17(24-2)20-12-14/h3-6,11-12,23H,7-10H2,1-2H3. The molecule has 5 nitrogen and oxygen atoms in total. The second-order valence-electron chi connectivity index (χ2n) is 6.10. The van der Waals surface area contributed by atoms with E-state index in [0.717, 1.165) is 11.1 Å². The normalized spacial score (nSPS) is 16.9. The summed E-state index contributed by atoms with van der Waals surface area (Å²) in [6.45, 7) is 3.05. The number of carbonyl (C=O) groups is 1. The third kappa shape index (κ3) is 3.30. The number of aryl methyl sites for hydroxylation is 1. The predicted molar refractivity (Wildman–Crippen MR) is 94.0 cm³/mol. The Morgan fingerprint density at radius 3 is 2.42 bits per heavy atom. The molecular formula is C18H21N3O2S. The maximum atomic E-state index is 12.6. The molecule has 1 aliphatic heterocycles. The number of aliphatic hydroxyl groups is 1. The van der Waals surface area contributed by atoms with Gasteiger partial charge in [-0.05, 0) is 37.1 Å². The number of piperidine rings is 1. The Kier molecular flexibility index (Phi) is 4.87. The molecule has 0 unspecified atom stereocenters. The van der Waals surface area contributed by atoms with Crippen molar-refractivity contribution in [2.45, 2.75) is 30.5 Å². The Hall–Kier alpha value is -1.92. The van der Waals surface area contributed by atoms with E-state index >= 15 is 0 Å². The first kappa shape index (κ1) is 16.9. The zero-order valence-electron chi connectivity index (χ0n) is 13.9. The summed E-state index contributed by atoms with van der Waals surface area (Å²) in [4.78, 5) is 22.7. The molecule has 1 aromatic carbocycles. The van der Waals surface area contributed by atoms with Gasteiger partial charge in [-0.15, -0.1) is 0 Å². The van der Waals surface area contributed by atoms with Crippen LogP contribution in [0, 0.1) is 6.92 Å². The third-order valence-corrected chi connectivity index (χ3v) is 5.16. The average Bonchev–Trinajstić information content (AvgIpc) is 2.62. The van der Waals surface area contributed by atoms with Gasteiger partial charge in [0.15, 0.2) is 5.16 Å². The molecular weight excluding hydrogens is 322 g/mol. The lowest BCUT2D eigenvalue weighted by molar-refractivity contribution is -0.0215. The van der Waals surface area contributed by atoms with Crippen LogP contribution in [0.2, 0.25) is 0 Å². The lowest BCUT2D eigenvalue weighted by atomic mass is 9.82. The summed E-state index contributed by atoms with van der Waals surface area (Å²) in [6.07, 6.45) is 6.11. The summed E-state index contributed by atoms with van der Waals surface area (Å²) >= 11 is 1.44. The Balaban J connectivity index is 1.70. The number of aromatic nitrogens is 2. The van der Waals surface area contributed by atoms with Crippen LogP contribution in [0.3, 0.4) is 0 Å². The number of likely N-dealkylation sites (tertiary alicyclic amines) is 1. The van der Waals surface area contributed by atoms with Crippen LogP contribution >= 0.6 is 11.8 Å². The quantitative estimate of drug-likeness (QED) is 0.685. The van der Waals surface area contributed by atoms with Gasteiger partial charge in [-0.1, -0.05) is 36.0 Å². The van der Waals surface area contributed by atoms with Crippen molar-refractivity contribution in [2.24, 2.45) is 0 Å². The Bertz CT molecular complexity index is 725. The molecule has 1 aliphatic rings. The average molecular weight is 343 g/mol. The molecule has 0 atom stereocenters. The highest BCUT2D eigenvalue weighted by Gasteiger charge is 2.36. The molecule has 0 bridgehead atoms. The molecule has 6 heteroatoms. The van der Waals surface area contributed by atoms with E-state index in [1.165, 1.54) is 11.8 Å². The molecule has 0 spiro atoms. The van der Waals surface area contributed by atoms with Crippen molar-refractivity contribution in [1.82, 2.24) is 14.9 Å². The first-order valence-corrected chi connectivity index (χ1v) is 9.20. The fraction of sp³-hybridized carbons (Fsp3) is 0.389. The molecule has 24 heavy (non-hydrogen) atoms. The number of hydrogen-bond donors (Lipinski definition) is 1. The number of nitrogens with zero attached hydrogens (tertiary/aromatic N) is 3. The monoisotopic (exact) mass is 343 g/mol. The Labute approximate surface area is 146 Å². The lowest BCUT2D eigenvalue weighted by Gasteiger charge is -2.39. The van der Waals surface area contributed by atoms with Gasteiger partial charge in [0, 0.05) is 25.5 Å². The second-order valence-corrected chi connectivity index (χ2v) is 6.87. The maximum Gasteiger partial charge on any atom is 0.256 e. The summed E-state index contributed by atoms with van der Waals surface area (Å²) < 4.78 is 0. The number of carbonyl (C=O) groups excluding carboxylic acids is 1. The van der Waals surface area contributed by atoms with E-state index in [4.69, 9.17) is 0 Å².